The van der Waals surface area contributed by atoms with Gasteiger partial charge in [0.2, 0.25) is 5.88 Å². The van der Waals surface area contributed by atoms with E-state index < -0.39 is 0 Å². The molecule has 0 radical (unpaired) electrons. The number of hydrogen-bond donors (Lipinski definition) is 2. The maximum Gasteiger partial charge on any atom is 0.233 e. The van der Waals surface area contributed by atoms with E-state index in [-0.39, 0.29) is 6.04 Å². The first kappa shape index (κ1) is 15.2. The van der Waals surface area contributed by atoms with Crippen molar-refractivity contribution in [2.45, 2.75) is 25.9 Å². The van der Waals surface area contributed by atoms with Crippen LogP contribution in [0.25, 0.3) is 0 Å². The molecule has 0 aliphatic carbocycles. The van der Waals surface area contributed by atoms with Crippen LogP contribution in [0, 0.1) is 0 Å². The lowest BCUT2D eigenvalue weighted by Crippen LogP contribution is -2.32. The van der Waals surface area contributed by atoms with E-state index in [9.17, 15) is 0 Å². The van der Waals surface area contributed by atoms with Crippen molar-refractivity contribution in [3.63, 3.8) is 0 Å². The van der Waals surface area contributed by atoms with Crippen molar-refractivity contribution in [3.8, 4) is 11.6 Å². The Hall–Kier alpha value is -2.19. The van der Waals surface area contributed by atoms with Crippen LogP contribution in [0.4, 0.5) is 0 Å². The molecule has 2 rings (SSSR count). The molecular formula is C13H20N6O2. The van der Waals surface area contributed by atoms with Gasteiger partial charge in [0, 0.05) is 12.6 Å². The zero-order valence-electron chi connectivity index (χ0n) is 12.4. The molecule has 21 heavy (non-hydrogen) atoms. The minimum absolute atomic E-state index is 0.368. The van der Waals surface area contributed by atoms with Gasteiger partial charge in [-0.2, -0.15) is 5.10 Å². The minimum atomic E-state index is -0.368. The number of nitrogens with one attached hydrogen (secondary N) is 1. The van der Waals surface area contributed by atoms with Gasteiger partial charge in [-0.1, -0.05) is 6.92 Å². The second-order valence-electron chi connectivity index (χ2n) is 4.42. The van der Waals surface area contributed by atoms with Crippen molar-refractivity contribution in [3.05, 3.63) is 29.7 Å². The first-order valence-electron chi connectivity index (χ1n) is 6.68. The minimum Gasteiger partial charge on any atom is -0.493 e. The highest BCUT2D eigenvalue weighted by Gasteiger charge is 2.24. The highest BCUT2D eigenvalue weighted by molar-refractivity contribution is 5.34. The number of hydrogen-bond acceptors (Lipinski definition) is 7. The van der Waals surface area contributed by atoms with Gasteiger partial charge in [-0.15, -0.1) is 10.2 Å². The van der Waals surface area contributed by atoms with Crippen LogP contribution in [0.2, 0.25) is 0 Å². The molecule has 0 aliphatic rings. The normalized spacial score (nSPS) is 12.2. The highest BCUT2D eigenvalue weighted by atomic mass is 16.5. The third-order valence-electron chi connectivity index (χ3n) is 3.11. The maximum atomic E-state index is 5.71. The summed E-state index contributed by atoms with van der Waals surface area (Å²) in [6.45, 7) is 2.84. The molecule has 2 aromatic heterocycles. The molecule has 3 N–H and O–H groups in total. The van der Waals surface area contributed by atoms with Crippen LogP contribution < -0.4 is 20.7 Å². The molecule has 2 heterocycles. The Morgan fingerprint density at radius 1 is 1.29 bits per heavy atom. The number of nitrogens with zero attached hydrogens (tertiary/aromatic N) is 4. The predicted molar refractivity (Wildman–Crippen MR) is 76.8 cm³/mol. The van der Waals surface area contributed by atoms with E-state index in [2.05, 4.69) is 27.6 Å². The average Bonchev–Trinajstić information content (AvgIpc) is 2.92. The summed E-state index contributed by atoms with van der Waals surface area (Å²) in [7, 11) is 3.14. The Morgan fingerprint density at radius 2 is 2.10 bits per heavy atom. The number of aryl methyl sites for hydroxylation is 1. The molecule has 1 unspecified atom stereocenters. The summed E-state index contributed by atoms with van der Waals surface area (Å²) >= 11 is 0. The molecule has 0 aliphatic heterocycles. The van der Waals surface area contributed by atoms with Crippen LogP contribution in [0.3, 0.4) is 0 Å². The molecular weight excluding hydrogens is 272 g/mol. The van der Waals surface area contributed by atoms with Crippen LogP contribution >= 0.6 is 0 Å². The standard InChI is InChI=1S/C13H20N6O2/c1-4-7-19-13(10(20-2)8-15-19)12(16-14)9-5-6-11(21-3)18-17-9/h5-6,8,12,16H,4,7,14H2,1-3H3. The molecule has 0 spiro atoms. The smallest absolute Gasteiger partial charge is 0.233 e. The van der Waals surface area contributed by atoms with Gasteiger partial charge < -0.3 is 9.47 Å². The van der Waals surface area contributed by atoms with Crippen molar-refractivity contribution in [2.75, 3.05) is 14.2 Å². The van der Waals surface area contributed by atoms with Gasteiger partial charge in [0.1, 0.15) is 11.7 Å². The number of ether oxygens (including phenoxy) is 2. The Labute approximate surface area is 123 Å². The highest BCUT2D eigenvalue weighted by Crippen LogP contribution is 2.28. The van der Waals surface area contributed by atoms with Gasteiger partial charge in [-0.25, -0.2) is 5.43 Å². The quantitative estimate of drug-likeness (QED) is 0.571. The molecule has 8 nitrogen and oxygen atoms in total. The molecule has 0 amide bonds. The maximum absolute atomic E-state index is 5.71. The molecule has 0 saturated carbocycles. The van der Waals surface area contributed by atoms with Crippen LogP contribution in [-0.4, -0.2) is 34.2 Å². The van der Waals surface area contributed by atoms with E-state index in [1.807, 2.05) is 4.68 Å². The van der Waals surface area contributed by atoms with Crippen LogP contribution in [0.15, 0.2) is 18.3 Å². The van der Waals surface area contributed by atoms with Crippen molar-refractivity contribution < 1.29 is 9.47 Å². The lowest BCUT2D eigenvalue weighted by molar-refractivity contribution is 0.386. The summed E-state index contributed by atoms with van der Waals surface area (Å²) in [4.78, 5) is 0. The van der Waals surface area contributed by atoms with Gasteiger partial charge >= 0.3 is 0 Å². The fraction of sp³-hybridized carbons (Fsp3) is 0.462. The summed E-state index contributed by atoms with van der Waals surface area (Å²) in [6.07, 6.45) is 2.62. The SMILES string of the molecule is CCCn1ncc(OC)c1C(NN)c1ccc(OC)nn1. The topological polar surface area (TPSA) is 100 Å². The van der Waals surface area contributed by atoms with Crippen molar-refractivity contribution in [2.24, 2.45) is 5.84 Å². The number of rotatable bonds is 7. The van der Waals surface area contributed by atoms with Gasteiger partial charge in [0.05, 0.1) is 26.1 Å². The molecule has 8 heteroatoms. The van der Waals surface area contributed by atoms with E-state index >= 15 is 0 Å². The zero-order chi connectivity index (χ0) is 15.2. The lowest BCUT2D eigenvalue weighted by Gasteiger charge is -2.18. The van der Waals surface area contributed by atoms with Crippen LogP contribution in [0.5, 0.6) is 11.6 Å². The van der Waals surface area contributed by atoms with Gasteiger partial charge in [-0.3, -0.25) is 10.5 Å². The second-order valence-corrected chi connectivity index (χ2v) is 4.42. The fourth-order valence-corrected chi connectivity index (χ4v) is 2.11. The zero-order valence-corrected chi connectivity index (χ0v) is 12.4. The van der Waals surface area contributed by atoms with Gasteiger partial charge in [-0.05, 0) is 12.5 Å². The van der Waals surface area contributed by atoms with Crippen molar-refractivity contribution in [1.82, 2.24) is 25.4 Å². The summed E-state index contributed by atoms with van der Waals surface area (Å²) in [5.41, 5.74) is 4.23. The molecule has 0 saturated heterocycles. The fourth-order valence-electron chi connectivity index (χ4n) is 2.11. The summed E-state index contributed by atoms with van der Waals surface area (Å²) in [6, 6.07) is 3.17. The molecule has 0 fully saturated rings. The summed E-state index contributed by atoms with van der Waals surface area (Å²) in [5, 5.41) is 12.4. The van der Waals surface area contributed by atoms with Gasteiger partial charge in [0.15, 0.2) is 5.75 Å². The molecule has 0 bridgehead atoms. The number of methoxy groups -OCH3 is 2. The summed E-state index contributed by atoms with van der Waals surface area (Å²) in [5.74, 6) is 6.81. The van der Waals surface area contributed by atoms with Crippen LogP contribution in [0.1, 0.15) is 30.8 Å². The molecule has 2 aromatic rings. The lowest BCUT2D eigenvalue weighted by atomic mass is 10.1. The first-order valence-corrected chi connectivity index (χ1v) is 6.68. The van der Waals surface area contributed by atoms with E-state index in [1.165, 1.54) is 0 Å². The average molecular weight is 292 g/mol. The molecule has 114 valence electrons. The third kappa shape index (κ3) is 3.11. The Balaban J connectivity index is 2.41. The monoisotopic (exact) mass is 292 g/mol. The first-order chi connectivity index (χ1) is 10.2. The third-order valence-corrected chi connectivity index (χ3v) is 3.11. The second kappa shape index (κ2) is 7.00. The van der Waals surface area contributed by atoms with E-state index in [0.29, 0.717) is 17.3 Å². The van der Waals surface area contributed by atoms with E-state index in [1.54, 1.807) is 32.5 Å². The molecule has 1 atom stereocenters. The van der Waals surface area contributed by atoms with Gasteiger partial charge in [0.25, 0.3) is 0 Å². The molecule has 0 aromatic carbocycles. The Bertz CT molecular complexity index is 569. The van der Waals surface area contributed by atoms with E-state index in [0.717, 1.165) is 18.7 Å². The Kier molecular flexibility index (Phi) is 5.07. The van der Waals surface area contributed by atoms with Crippen molar-refractivity contribution >= 4 is 0 Å². The van der Waals surface area contributed by atoms with Crippen molar-refractivity contribution in [1.29, 1.82) is 0 Å². The summed E-state index contributed by atoms with van der Waals surface area (Å²) < 4.78 is 12.2. The van der Waals surface area contributed by atoms with Crippen LogP contribution in [-0.2, 0) is 6.54 Å². The largest absolute Gasteiger partial charge is 0.493 e. The van der Waals surface area contributed by atoms with E-state index in [4.69, 9.17) is 15.3 Å². The number of hydrazine groups is 1. The number of nitrogens with two attached hydrogens (primary N) is 1. The predicted octanol–water partition coefficient (Wildman–Crippen LogP) is 0.653. The number of aromatic nitrogens is 4. The Morgan fingerprint density at radius 3 is 2.62 bits per heavy atom.